The van der Waals surface area contributed by atoms with Crippen LogP contribution < -0.4 is 19.2 Å². The third-order valence-electron chi connectivity index (χ3n) is 4.73. The first-order valence-electron chi connectivity index (χ1n) is 10.7. The maximum atomic E-state index is 13.3. The van der Waals surface area contributed by atoms with Crippen molar-refractivity contribution in [1.29, 1.82) is 0 Å². The van der Waals surface area contributed by atoms with E-state index in [4.69, 9.17) is 9.47 Å². The fourth-order valence-electron chi connectivity index (χ4n) is 3.00. The molecule has 0 spiro atoms. The Bertz CT molecular complexity index is 1200. The summed E-state index contributed by atoms with van der Waals surface area (Å²) in [6.45, 7) is 2.23. The molecule has 0 saturated heterocycles. The Balaban J connectivity index is 1.72. The highest BCUT2D eigenvalue weighted by Crippen LogP contribution is 2.24. The molecule has 3 aromatic carbocycles. The highest BCUT2D eigenvalue weighted by molar-refractivity contribution is 7.92. The summed E-state index contributed by atoms with van der Waals surface area (Å²) in [4.78, 5) is 12.6. The van der Waals surface area contributed by atoms with Crippen LogP contribution in [0.5, 0.6) is 11.5 Å². The molecular weight excluding hydrogens is 454 g/mol. The van der Waals surface area contributed by atoms with E-state index in [0.29, 0.717) is 18.0 Å². The number of methoxy groups -OCH3 is 1. The summed E-state index contributed by atoms with van der Waals surface area (Å²) in [5.74, 6) is 0.701. The predicted molar refractivity (Wildman–Crippen MR) is 132 cm³/mol. The number of carbonyl (C=O) groups excluding carboxylic acids is 1. The zero-order valence-corrected chi connectivity index (χ0v) is 19.9. The van der Waals surface area contributed by atoms with Gasteiger partial charge < -0.3 is 9.47 Å². The number of hydrogen-bond donors (Lipinski definition) is 1. The number of amides is 1. The van der Waals surface area contributed by atoms with Crippen LogP contribution in [0.1, 0.15) is 18.9 Å². The Kier molecular flexibility index (Phi) is 8.64. The number of benzene rings is 3. The summed E-state index contributed by atoms with van der Waals surface area (Å²) in [5.41, 5.74) is 3.52. The second-order valence-corrected chi connectivity index (χ2v) is 9.10. The van der Waals surface area contributed by atoms with Crippen LogP contribution in [0.15, 0.2) is 88.9 Å². The number of para-hydroxylation sites is 1. The molecule has 0 aliphatic rings. The van der Waals surface area contributed by atoms with Gasteiger partial charge in [0, 0.05) is 0 Å². The van der Waals surface area contributed by atoms with Crippen molar-refractivity contribution in [2.45, 2.75) is 18.2 Å². The van der Waals surface area contributed by atoms with Crippen molar-refractivity contribution in [2.24, 2.45) is 5.10 Å². The molecule has 0 aliphatic heterocycles. The molecule has 34 heavy (non-hydrogen) atoms. The standard InChI is InChI=1S/C25H27N3O5S/c1-3-17-33-23-11-9-20(10-12-23)18-26-27-25(29)19-28(21-7-5-4-6-8-21)34(30,31)24-15-13-22(32-2)14-16-24/h4-16,18H,3,17,19H2,1-2H3,(H,27,29)/b26-18-. The number of hydrazone groups is 1. The van der Waals surface area contributed by atoms with E-state index >= 15 is 0 Å². The van der Waals surface area contributed by atoms with Gasteiger partial charge in [0.2, 0.25) is 0 Å². The van der Waals surface area contributed by atoms with Crippen LogP contribution in [0.25, 0.3) is 0 Å². The quantitative estimate of drug-likeness (QED) is 0.332. The van der Waals surface area contributed by atoms with Gasteiger partial charge in [0.05, 0.1) is 30.5 Å². The Morgan fingerprint density at radius 3 is 2.24 bits per heavy atom. The van der Waals surface area contributed by atoms with Crippen molar-refractivity contribution in [3.05, 3.63) is 84.4 Å². The Morgan fingerprint density at radius 1 is 0.971 bits per heavy atom. The smallest absolute Gasteiger partial charge is 0.264 e. The molecule has 3 rings (SSSR count). The number of rotatable bonds is 11. The third-order valence-corrected chi connectivity index (χ3v) is 6.52. The van der Waals surface area contributed by atoms with E-state index in [2.05, 4.69) is 10.5 Å². The molecule has 178 valence electrons. The average Bonchev–Trinajstić information content (AvgIpc) is 2.87. The molecule has 0 atom stereocenters. The lowest BCUT2D eigenvalue weighted by atomic mass is 10.2. The highest BCUT2D eigenvalue weighted by Gasteiger charge is 2.27. The summed E-state index contributed by atoms with van der Waals surface area (Å²) in [7, 11) is -2.51. The molecule has 3 aromatic rings. The highest BCUT2D eigenvalue weighted by atomic mass is 32.2. The summed E-state index contributed by atoms with van der Waals surface area (Å²) in [5, 5.41) is 3.95. The second kappa shape index (κ2) is 11.9. The van der Waals surface area contributed by atoms with E-state index in [1.165, 1.54) is 25.5 Å². The number of sulfonamides is 1. The molecule has 0 aliphatic carbocycles. The zero-order valence-electron chi connectivity index (χ0n) is 19.0. The number of ether oxygens (including phenoxy) is 2. The monoisotopic (exact) mass is 481 g/mol. The van der Waals surface area contributed by atoms with E-state index in [0.717, 1.165) is 22.0 Å². The summed E-state index contributed by atoms with van der Waals surface area (Å²) in [6.07, 6.45) is 2.40. The molecule has 0 unspecified atom stereocenters. The van der Waals surface area contributed by atoms with Crippen LogP contribution in [0.2, 0.25) is 0 Å². The SMILES string of the molecule is CCCOc1ccc(/C=N\NC(=O)CN(c2ccccc2)S(=O)(=O)c2ccc(OC)cc2)cc1. The Morgan fingerprint density at radius 2 is 1.62 bits per heavy atom. The molecule has 0 saturated carbocycles. The minimum absolute atomic E-state index is 0.0406. The normalized spacial score (nSPS) is 11.2. The van der Waals surface area contributed by atoms with Gasteiger partial charge in [-0.25, -0.2) is 13.8 Å². The molecule has 0 radical (unpaired) electrons. The van der Waals surface area contributed by atoms with E-state index in [1.54, 1.807) is 42.5 Å². The van der Waals surface area contributed by atoms with Crippen molar-refractivity contribution in [3.8, 4) is 11.5 Å². The van der Waals surface area contributed by atoms with Crippen LogP contribution in [0.4, 0.5) is 5.69 Å². The lowest BCUT2D eigenvalue weighted by Crippen LogP contribution is -2.39. The van der Waals surface area contributed by atoms with Gasteiger partial charge in [0.15, 0.2) is 0 Å². The fourth-order valence-corrected chi connectivity index (χ4v) is 4.42. The van der Waals surface area contributed by atoms with Crippen LogP contribution in [0, 0.1) is 0 Å². The van der Waals surface area contributed by atoms with Crippen molar-refractivity contribution in [3.63, 3.8) is 0 Å². The molecule has 1 amide bonds. The Labute approximate surface area is 199 Å². The van der Waals surface area contributed by atoms with Gasteiger partial charge in [-0.05, 0) is 72.6 Å². The number of hydrogen-bond acceptors (Lipinski definition) is 6. The first-order chi connectivity index (χ1) is 16.4. The molecule has 8 nitrogen and oxygen atoms in total. The van der Waals surface area contributed by atoms with Crippen LogP contribution in [-0.4, -0.2) is 40.8 Å². The maximum Gasteiger partial charge on any atom is 0.264 e. The van der Waals surface area contributed by atoms with E-state index in [9.17, 15) is 13.2 Å². The molecule has 9 heteroatoms. The average molecular weight is 482 g/mol. The van der Waals surface area contributed by atoms with E-state index < -0.39 is 22.5 Å². The van der Waals surface area contributed by atoms with Crippen molar-refractivity contribution < 1.29 is 22.7 Å². The predicted octanol–water partition coefficient (Wildman–Crippen LogP) is 3.83. The molecular formula is C25H27N3O5S. The number of nitrogens with zero attached hydrogens (tertiary/aromatic N) is 2. The van der Waals surface area contributed by atoms with Crippen LogP contribution >= 0.6 is 0 Å². The topological polar surface area (TPSA) is 97.3 Å². The maximum absolute atomic E-state index is 13.3. The minimum atomic E-state index is -4.01. The summed E-state index contributed by atoms with van der Waals surface area (Å²) >= 11 is 0. The molecule has 1 N–H and O–H groups in total. The lowest BCUT2D eigenvalue weighted by Gasteiger charge is -2.23. The van der Waals surface area contributed by atoms with E-state index in [1.807, 2.05) is 31.2 Å². The van der Waals surface area contributed by atoms with Crippen LogP contribution in [0.3, 0.4) is 0 Å². The van der Waals surface area contributed by atoms with E-state index in [-0.39, 0.29) is 4.90 Å². The third kappa shape index (κ3) is 6.58. The zero-order chi connectivity index (χ0) is 24.4. The van der Waals surface area contributed by atoms with Gasteiger partial charge in [-0.2, -0.15) is 5.10 Å². The molecule has 0 bridgehead atoms. The second-order valence-electron chi connectivity index (χ2n) is 7.23. The summed E-state index contributed by atoms with van der Waals surface area (Å²) < 4.78 is 38.3. The molecule has 0 heterocycles. The van der Waals surface area contributed by atoms with Gasteiger partial charge in [0.1, 0.15) is 18.0 Å². The van der Waals surface area contributed by atoms with Crippen molar-refractivity contribution >= 4 is 27.8 Å². The largest absolute Gasteiger partial charge is 0.497 e. The molecule has 0 aromatic heterocycles. The fraction of sp³-hybridized carbons (Fsp3) is 0.200. The van der Waals surface area contributed by atoms with Crippen molar-refractivity contribution in [1.82, 2.24) is 5.43 Å². The van der Waals surface area contributed by atoms with Crippen LogP contribution in [-0.2, 0) is 14.8 Å². The first kappa shape index (κ1) is 24.8. The number of nitrogens with one attached hydrogen (secondary N) is 1. The minimum Gasteiger partial charge on any atom is -0.497 e. The van der Waals surface area contributed by atoms with Gasteiger partial charge in [-0.3, -0.25) is 9.10 Å². The van der Waals surface area contributed by atoms with Gasteiger partial charge in [-0.15, -0.1) is 0 Å². The molecule has 0 fully saturated rings. The number of anilines is 1. The Hall–Kier alpha value is -3.85. The first-order valence-corrected chi connectivity index (χ1v) is 12.1. The summed E-state index contributed by atoms with van der Waals surface area (Å²) in [6, 6.07) is 21.7. The lowest BCUT2D eigenvalue weighted by molar-refractivity contribution is -0.119. The van der Waals surface area contributed by atoms with Gasteiger partial charge in [0.25, 0.3) is 15.9 Å². The van der Waals surface area contributed by atoms with Gasteiger partial charge in [-0.1, -0.05) is 25.1 Å². The number of carbonyl (C=O) groups is 1. The van der Waals surface area contributed by atoms with Gasteiger partial charge >= 0.3 is 0 Å². The van der Waals surface area contributed by atoms with Crippen molar-refractivity contribution in [2.75, 3.05) is 24.6 Å².